The van der Waals surface area contributed by atoms with Gasteiger partial charge in [0, 0.05) is 44.2 Å². The standard InChI is InChI=1S/C36H54N12O9/c1-20(2)13-23(37)32(52)46-26(15-22-16-41-19-43-22)36(56)48-12-6-9-28(48)35(55)44-24(10-11-29(38)49)33(53)45-25(14-21-7-4-3-5-8-21)34(54)47-27(31(39)51)17-42-30(50)18-57-40/h3-5,7-8,16,19-20,23-28H,6,9-15,17-18,37,40H2,1-2H3,(H2,38,49)(H2,39,51)(H,41,43)(H,42,50)(H,44,55)(H,45,53)(H,46,52)(H,47,54)/t23-,24-,25-,26-,27-,28-/m0/s1. The Labute approximate surface area is 329 Å². The number of aromatic amines is 1. The van der Waals surface area contributed by atoms with Crippen LogP contribution in [0.1, 0.15) is 57.2 Å². The molecule has 0 bridgehead atoms. The number of amides is 8. The van der Waals surface area contributed by atoms with Crippen LogP contribution in [0, 0.1) is 5.92 Å². The summed E-state index contributed by atoms with van der Waals surface area (Å²) in [5.41, 5.74) is 18.1. The first-order valence-corrected chi connectivity index (χ1v) is 18.5. The first-order valence-electron chi connectivity index (χ1n) is 18.5. The number of carbonyl (C=O) groups is 8. The van der Waals surface area contributed by atoms with Crippen LogP contribution in [0.3, 0.4) is 0 Å². The van der Waals surface area contributed by atoms with Gasteiger partial charge in [0.15, 0.2) is 0 Å². The molecule has 312 valence electrons. The predicted molar refractivity (Wildman–Crippen MR) is 203 cm³/mol. The summed E-state index contributed by atoms with van der Waals surface area (Å²) in [7, 11) is 0. The molecule has 1 aliphatic heterocycles. The Balaban J connectivity index is 1.83. The quantitative estimate of drug-likeness (QED) is 0.0485. The average molecular weight is 799 g/mol. The zero-order valence-electron chi connectivity index (χ0n) is 32.0. The molecule has 14 N–H and O–H groups in total. The second-order valence-corrected chi connectivity index (χ2v) is 14.2. The van der Waals surface area contributed by atoms with Crippen molar-refractivity contribution in [3.05, 3.63) is 54.1 Å². The van der Waals surface area contributed by atoms with Crippen LogP contribution in [-0.2, 0) is 56.0 Å². The van der Waals surface area contributed by atoms with Gasteiger partial charge in [0.05, 0.1) is 12.4 Å². The number of H-pyrrole nitrogens is 1. The third-order valence-electron chi connectivity index (χ3n) is 9.10. The van der Waals surface area contributed by atoms with E-state index >= 15 is 0 Å². The van der Waals surface area contributed by atoms with Gasteiger partial charge < -0.3 is 53.7 Å². The molecule has 57 heavy (non-hydrogen) atoms. The summed E-state index contributed by atoms with van der Waals surface area (Å²) in [4.78, 5) is 117. The van der Waals surface area contributed by atoms with Crippen LogP contribution in [0.2, 0.25) is 0 Å². The number of nitrogens with two attached hydrogens (primary N) is 4. The molecule has 0 saturated carbocycles. The van der Waals surface area contributed by atoms with Crippen LogP contribution >= 0.6 is 0 Å². The lowest BCUT2D eigenvalue weighted by atomic mass is 10.0. The molecule has 21 heteroatoms. The summed E-state index contributed by atoms with van der Waals surface area (Å²) in [6.07, 6.45) is 3.32. The lowest BCUT2D eigenvalue weighted by molar-refractivity contribution is -0.142. The molecule has 0 radical (unpaired) electrons. The van der Waals surface area contributed by atoms with Crippen molar-refractivity contribution in [1.29, 1.82) is 0 Å². The molecule has 21 nitrogen and oxygen atoms in total. The van der Waals surface area contributed by atoms with E-state index in [1.54, 1.807) is 30.3 Å². The highest BCUT2D eigenvalue weighted by molar-refractivity contribution is 5.97. The first kappa shape index (κ1) is 45.5. The lowest BCUT2D eigenvalue weighted by Gasteiger charge is -2.30. The molecule has 0 aliphatic carbocycles. The van der Waals surface area contributed by atoms with Crippen LogP contribution in [0.25, 0.3) is 0 Å². The highest BCUT2D eigenvalue weighted by atomic mass is 16.6. The monoisotopic (exact) mass is 798 g/mol. The van der Waals surface area contributed by atoms with Crippen molar-refractivity contribution in [3.63, 3.8) is 0 Å². The minimum atomic E-state index is -1.41. The number of primary amides is 2. The summed E-state index contributed by atoms with van der Waals surface area (Å²) in [6, 6.07) is 1.35. The molecule has 1 aromatic carbocycles. The van der Waals surface area contributed by atoms with E-state index in [1.807, 2.05) is 13.8 Å². The van der Waals surface area contributed by atoms with Crippen LogP contribution in [-0.4, -0.2) is 118 Å². The average Bonchev–Trinajstić information content (AvgIpc) is 3.87. The maximum atomic E-state index is 14.1. The third kappa shape index (κ3) is 14.9. The maximum Gasteiger partial charge on any atom is 0.248 e. The molecular formula is C36H54N12O9. The number of likely N-dealkylation sites (tertiary alicyclic amines) is 1. The molecule has 0 unspecified atom stereocenters. The van der Waals surface area contributed by atoms with Gasteiger partial charge in [-0.2, -0.15) is 0 Å². The van der Waals surface area contributed by atoms with Gasteiger partial charge in [-0.3, -0.25) is 43.2 Å². The van der Waals surface area contributed by atoms with E-state index in [2.05, 4.69) is 41.4 Å². The van der Waals surface area contributed by atoms with Gasteiger partial charge in [-0.25, -0.2) is 10.9 Å². The van der Waals surface area contributed by atoms with Gasteiger partial charge in [-0.05, 0) is 37.2 Å². The summed E-state index contributed by atoms with van der Waals surface area (Å²) in [5, 5.41) is 12.7. The topological polar surface area (TPSA) is 342 Å². The molecule has 6 atom stereocenters. The summed E-state index contributed by atoms with van der Waals surface area (Å²) >= 11 is 0. The van der Waals surface area contributed by atoms with E-state index in [0.717, 1.165) is 0 Å². The summed E-state index contributed by atoms with van der Waals surface area (Å²) < 4.78 is 0. The Morgan fingerprint density at radius 1 is 0.895 bits per heavy atom. The van der Waals surface area contributed by atoms with Crippen LogP contribution in [0.5, 0.6) is 0 Å². The normalized spacial score (nSPS) is 16.4. The van der Waals surface area contributed by atoms with Crippen molar-refractivity contribution in [2.45, 2.75) is 95.0 Å². The van der Waals surface area contributed by atoms with Gasteiger partial charge >= 0.3 is 0 Å². The minimum absolute atomic E-state index is 0.0312. The van der Waals surface area contributed by atoms with E-state index in [0.29, 0.717) is 24.1 Å². The van der Waals surface area contributed by atoms with Crippen molar-refractivity contribution in [2.24, 2.45) is 29.0 Å². The number of benzene rings is 1. The van der Waals surface area contributed by atoms with Crippen LogP contribution in [0.15, 0.2) is 42.9 Å². The van der Waals surface area contributed by atoms with E-state index in [9.17, 15) is 38.4 Å². The first-order chi connectivity index (χ1) is 27.1. The number of rotatable bonds is 23. The second kappa shape index (κ2) is 22.6. The smallest absolute Gasteiger partial charge is 0.248 e. The van der Waals surface area contributed by atoms with Crippen LogP contribution in [0.4, 0.5) is 0 Å². The maximum absolute atomic E-state index is 14.1. The third-order valence-corrected chi connectivity index (χ3v) is 9.10. The number of aromatic nitrogens is 2. The van der Waals surface area contributed by atoms with Gasteiger partial charge in [0.2, 0.25) is 47.3 Å². The number of hydrogen-bond donors (Lipinski definition) is 10. The van der Waals surface area contributed by atoms with E-state index in [4.69, 9.17) is 23.1 Å². The summed E-state index contributed by atoms with van der Waals surface area (Å²) in [6.45, 7) is 3.05. The molecule has 8 amide bonds. The Bertz CT molecular complexity index is 1690. The Morgan fingerprint density at radius 3 is 2.18 bits per heavy atom. The Hall–Kier alpha value is -5.93. The van der Waals surface area contributed by atoms with Gasteiger partial charge in [-0.1, -0.05) is 44.2 Å². The number of carbonyl (C=O) groups excluding carboxylic acids is 8. The number of imidazole rings is 1. The fourth-order valence-corrected chi connectivity index (χ4v) is 6.21. The van der Waals surface area contributed by atoms with Crippen molar-refractivity contribution in [3.8, 4) is 0 Å². The Kier molecular flexibility index (Phi) is 18.0. The largest absolute Gasteiger partial charge is 0.370 e. The van der Waals surface area contributed by atoms with Crippen molar-refractivity contribution in [2.75, 3.05) is 19.7 Å². The lowest BCUT2D eigenvalue weighted by Crippen LogP contribution is -2.60. The molecule has 1 aliphatic rings. The molecule has 2 heterocycles. The fraction of sp³-hybridized carbons (Fsp3) is 0.528. The van der Waals surface area contributed by atoms with Crippen molar-refractivity contribution in [1.82, 2.24) is 41.5 Å². The second-order valence-electron chi connectivity index (χ2n) is 14.2. The van der Waals surface area contributed by atoms with Crippen LogP contribution < -0.4 is 49.7 Å². The van der Waals surface area contributed by atoms with Gasteiger partial charge in [0.25, 0.3) is 0 Å². The molecule has 0 spiro atoms. The molecule has 1 aromatic heterocycles. The van der Waals surface area contributed by atoms with Crippen molar-refractivity contribution >= 4 is 47.3 Å². The van der Waals surface area contributed by atoms with E-state index in [1.165, 1.54) is 17.4 Å². The Morgan fingerprint density at radius 2 is 1.56 bits per heavy atom. The molecule has 1 fully saturated rings. The van der Waals surface area contributed by atoms with Gasteiger partial charge in [0.1, 0.15) is 36.8 Å². The zero-order valence-corrected chi connectivity index (χ0v) is 32.0. The van der Waals surface area contributed by atoms with Crippen molar-refractivity contribution < 1.29 is 43.2 Å². The molecule has 2 aromatic rings. The fourth-order valence-electron chi connectivity index (χ4n) is 6.21. The van der Waals surface area contributed by atoms with E-state index < -0.39 is 96.7 Å². The SMILES string of the molecule is CC(C)C[C@H](N)C(=O)N[C@@H](Cc1cnc[nH]1)C(=O)N1CCC[C@H]1C(=O)N[C@@H](CCC(N)=O)C(=O)N[C@@H](Cc1ccccc1)C(=O)N[C@@H](CNC(=O)CON)C(N)=O. The number of hydrogen-bond acceptors (Lipinski definition) is 12. The number of nitrogens with zero attached hydrogens (tertiary/aromatic N) is 2. The zero-order chi connectivity index (χ0) is 42.1. The molecular weight excluding hydrogens is 744 g/mol. The van der Waals surface area contributed by atoms with E-state index in [-0.39, 0.29) is 44.6 Å². The summed E-state index contributed by atoms with van der Waals surface area (Å²) in [5.74, 6) is -0.962. The molecule has 1 saturated heterocycles. The highest BCUT2D eigenvalue weighted by Gasteiger charge is 2.40. The number of nitrogens with one attached hydrogen (secondary N) is 6. The predicted octanol–water partition coefficient (Wildman–Crippen LogP) is -3.74. The molecule has 3 rings (SSSR count). The van der Waals surface area contributed by atoms with Gasteiger partial charge in [-0.15, -0.1) is 0 Å². The highest BCUT2D eigenvalue weighted by Crippen LogP contribution is 2.20. The minimum Gasteiger partial charge on any atom is -0.370 e.